The highest BCUT2D eigenvalue weighted by molar-refractivity contribution is 7.48. The molecule has 1 aromatic heterocycles. The first-order chi connectivity index (χ1) is 36.3. The molecular weight excluding hydrogens is 954 g/mol. The van der Waals surface area contributed by atoms with Crippen molar-refractivity contribution in [2.75, 3.05) is 25.1 Å². The van der Waals surface area contributed by atoms with Crippen LogP contribution >= 0.6 is 7.82 Å². The van der Waals surface area contributed by atoms with E-state index in [0.29, 0.717) is 19.3 Å². The van der Waals surface area contributed by atoms with Gasteiger partial charge in [-0.3, -0.25) is 22.9 Å². The van der Waals surface area contributed by atoms with Gasteiger partial charge in [0.05, 0.1) is 25.9 Å². The van der Waals surface area contributed by atoms with Crippen molar-refractivity contribution in [2.45, 2.75) is 143 Å². The van der Waals surface area contributed by atoms with Gasteiger partial charge in [-0.2, -0.15) is 4.98 Å². The summed E-state index contributed by atoms with van der Waals surface area (Å²) >= 11 is 0. The summed E-state index contributed by atoms with van der Waals surface area (Å²) in [6.45, 7) is 13.2. The van der Waals surface area contributed by atoms with Crippen molar-refractivity contribution in [3.8, 4) is 22.3 Å². The van der Waals surface area contributed by atoms with Crippen LogP contribution in [0.4, 0.5) is 5.82 Å². The zero-order chi connectivity index (χ0) is 52.7. The van der Waals surface area contributed by atoms with Crippen molar-refractivity contribution in [3.63, 3.8) is 0 Å². The molecule has 10 nitrogen and oxygen atoms in total. The first-order valence-corrected chi connectivity index (χ1v) is 28.5. The smallest absolute Gasteiger partial charge is 0.352 e. The maximum absolute atomic E-state index is 14.9. The van der Waals surface area contributed by atoms with Crippen molar-refractivity contribution in [2.24, 2.45) is 0 Å². The van der Waals surface area contributed by atoms with Crippen molar-refractivity contribution < 1.29 is 27.7 Å². The fourth-order valence-electron chi connectivity index (χ4n) is 10.5. The van der Waals surface area contributed by atoms with Gasteiger partial charge in [-0.15, -0.1) is 0 Å². The van der Waals surface area contributed by atoms with Crippen LogP contribution in [0.25, 0.3) is 22.3 Å². The lowest BCUT2D eigenvalue weighted by Gasteiger charge is -2.24. The topological polar surface area (TPSA) is 118 Å². The standard InChI is InChI=1S/C64H76N3O7P/c1-45(2)20-17-23-48(5)26-18-24-46(3)21-7-8-22-47(4)25-19-27-49(6)36-38-62(68)65-61-40-41-67(64(69)66-61)63-39-37-50(74-63)42-71-75(70,72-43-59-55-32-13-9-28-51(55)52-29-10-14-33-56(52)59)73-44-60-57-34-15-11-30-53(57)54-31-12-16-35-58(54)60/h9-16,20-22,26-35,40-41,50,59-60,63H,7-8,17-19,23-25,36-39,42-44H2,1-6H3,(H,65,66,68,69)/b46-21+,47-22+,48-26+,49-27+/t50-,63+/m0/s1. The summed E-state index contributed by atoms with van der Waals surface area (Å²) in [4.78, 5) is 30.5. The molecule has 4 aromatic carbocycles. The van der Waals surface area contributed by atoms with Crippen LogP contribution in [0.1, 0.15) is 159 Å². The second kappa shape index (κ2) is 26.7. The monoisotopic (exact) mass is 1030 g/mol. The molecule has 0 spiro atoms. The van der Waals surface area contributed by atoms with Gasteiger partial charge in [0.25, 0.3) is 0 Å². The highest BCUT2D eigenvalue weighted by Crippen LogP contribution is 2.55. The van der Waals surface area contributed by atoms with Gasteiger partial charge in [0.2, 0.25) is 5.91 Å². The first kappa shape index (κ1) is 55.2. The number of hydrogen-bond acceptors (Lipinski definition) is 8. The highest BCUT2D eigenvalue weighted by atomic mass is 31.2. The fourth-order valence-corrected chi connectivity index (χ4v) is 11.7. The van der Waals surface area contributed by atoms with E-state index in [4.69, 9.17) is 18.3 Å². The number of aromatic nitrogens is 2. The summed E-state index contributed by atoms with van der Waals surface area (Å²) in [7, 11) is -4.19. The lowest BCUT2D eigenvalue weighted by atomic mass is 9.98. The molecule has 0 unspecified atom stereocenters. The number of rotatable bonds is 26. The molecule has 75 heavy (non-hydrogen) atoms. The number of allylic oxidation sites excluding steroid dienone is 10. The minimum absolute atomic E-state index is 0.0715. The van der Waals surface area contributed by atoms with E-state index in [1.807, 2.05) is 48.5 Å². The lowest BCUT2D eigenvalue weighted by Crippen LogP contribution is -2.28. The van der Waals surface area contributed by atoms with E-state index in [9.17, 15) is 14.2 Å². The number of carbonyl (C=O) groups excluding carboxylic acids is 1. The number of hydrogen-bond donors (Lipinski definition) is 1. The molecule has 8 rings (SSSR count). The second-order valence-corrected chi connectivity index (χ2v) is 22.5. The molecule has 11 heteroatoms. The second-order valence-electron chi connectivity index (χ2n) is 20.8. The number of phosphoric acid groups is 1. The molecule has 0 radical (unpaired) electrons. The molecule has 1 saturated heterocycles. The number of unbranched alkanes of at least 4 members (excludes halogenated alkanes) is 1. The molecule has 0 saturated carbocycles. The molecule has 1 aliphatic heterocycles. The molecule has 0 bridgehead atoms. The third kappa shape index (κ3) is 15.1. The Morgan fingerprint density at radius 2 is 1.00 bits per heavy atom. The van der Waals surface area contributed by atoms with Crippen LogP contribution in [0.2, 0.25) is 0 Å². The molecule has 2 atom stereocenters. The summed E-state index contributed by atoms with van der Waals surface area (Å²) in [5.41, 5.74) is 15.2. The summed E-state index contributed by atoms with van der Waals surface area (Å²) < 4.78 is 41.5. The van der Waals surface area contributed by atoms with Crippen LogP contribution in [0.3, 0.4) is 0 Å². The minimum atomic E-state index is -4.19. The predicted molar refractivity (Wildman–Crippen MR) is 304 cm³/mol. The summed E-state index contributed by atoms with van der Waals surface area (Å²) in [6, 6.07) is 34.5. The molecule has 1 N–H and O–H groups in total. The Morgan fingerprint density at radius 1 is 0.573 bits per heavy atom. The quantitative estimate of drug-likeness (QED) is 0.0331. The molecule has 1 amide bonds. The molecule has 1 fully saturated rings. The number of amides is 1. The Morgan fingerprint density at radius 3 is 1.47 bits per heavy atom. The van der Waals surface area contributed by atoms with E-state index in [2.05, 4.69) is 131 Å². The van der Waals surface area contributed by atoms with Gasteiger partial charge >= 0.3 is 13.5 Å². The Kier molecular flexibility index (Phi) is 19.6. The van der Waals surface area contributed by atoms with Crippen molar-refractivity contribution >= 4 is 19.5 Å². The van der Waals surface area contributed by atoms with Crippen molar-refractivity contribution in [1.82, 2.24) is 9.55 Å². The number of fused-ring (bicyclic) bond motifs is 6. The van der Waals surface area contributed by atoms with Crippen LogP contribution in [0, 0.1) is 0 Å². The van der Waals surface area contributed by atoms with Crippen molar-refractivity contribution in [3.05, 3.63) is 200 Å². The fraction of sp³-hybridized carbons (Fsp3) is 0.391. The Hall–Kier alpha value is -6.00. The van der Waals surface area contributed by atoms with Gasteiger partial charge < -0.3 is 10.1 Å². The largest absolute Gasteiger partial charge is 0.474 e. The average molecular weight is 1030 g/mol. The van der Waals surface area contributed by atoms with E-state index in [1.54, 1.807) is 12.3 Å². The zero-order valence-corrected chi connectivity index (χ0v) is 45.8. The van der Waals surface area contributed by atoms with Gasteiger partial charge in [-0.05, 0) is 163 Å². The van der Waals surface area contributed by atoms with E-state index in [0.717, 1.165) is 101 Å². The van der Waals surface area contributed by atoms with Crippen LogP contribution < -0.4 is 11.0 Å². The third-order valence-electron chi connectivity index (χ3n) is 14.7. The number of nitrogens with zero attached hydrogens (tertiary/aromatic N) is 2. The van der Waals surface area contributed by atoms with E-state index >= 15 is 0 Å². The van der Waals surface area contributed by atoms with E-state index in [-0.39, 0.29) is 49.8 Å². The van der Waals surface area contributed by atoms with Crippen LogP contribution in [0.5, 0.6) is 0 Å². The average Bonchev–Trinajstić information content (AvgIpc) is 4.10. The highest BCUT2D eigenvalue weighted by Gasteiger charge is 2.38. The molecule has 2 heterocycles. The number of benzene rings is 4. The molecular formula is C64H76N3O7P. The van der Waals surface area contributed by atoms with Crippen LogP contribution in [-0.4, -0.2) is 41.4 Å². The number of carbonyl (C=O) groups is 1. The Bertz CT molecular complexity index is 2860. The Balaban J connectivity index is 0.795. The maximum Gasteiger partial charge on any atom is 0.474 e. The number of nitrogens with one attached hydrogen (secondary N) is 1. The summed E-state index contributed by atoms with van der Waals surface area (Å²) in [6.07, 6.45) is 22.6. The minimum Gasteiger partial charge on any atom is -0.352 e. The summed E-state index contributed by atoms with van der Waals surface area (Å²) in [5, 5.41) is 2.80. The number of anilines is 1. The van der Waals surface area contributed by atoms with Gasteiger partial charge in [-0.25, -0.2) is 9.36 Å². The SMILES string of the molecule is CC(C)=CCC/C(C)=C/CC/C(C)=C/CC/C=C(\C)CC/C=C(\C)CCC(=O)Nc1ccn([C@H]2CC[C@@H](COP(=O)(OCC3c4ccccc4-c4ccccc43)OCC3c4ccccc4-c4ccccc43)O2)c(=O)n1. The lowest BCUT2D eigenvalue weighted by molar-refractivity contribution is -0.116. The van der Waals surface area contributed by atoms with E-state index in [1.165, 1.54) is 26.9 Å². The van der Waals surface area contributed by atoms with Crippen LogP contribution in [-0.2, 0) is 27.7 Å². The Labute approximate surface area is 445 Å². The normalized spacial score (nSPS) is 16.9. The van der Waals surface area contributed by atoms with E-state index < -0.39 is 25.8 Å². The number of phosphoric ester groups is 1. The van der Waals surface area contributed by atoms with Gasteiger partial charge in [0.1, 0.15) is 12.0 Å². The molecule has 5 aromatic rings. The van der Waals surface area contributed by atoms with Crippen molar-refractivity contribution in [1.29, 1.82) is 0 Å². The zero-order valence-electron chi connectivity index (χ0n) is 44.9. The van der Waals surface area contributed by atoms with Gasteiger partial charge in [0, 0.05) is 24.5 Å². The maximum atomic E-state index is 14.9. The van der Waals surface area contributed by atoms with Gasteiger partial charge in [-0.1, -0.05) is 155 Å². The third-order valence-corrected chi connectivity index (χ3v) is 16.1. The summed E-state index contributed by atoms with van der Waals surface area (Å²) in [5.74, 6) is -0.341. The molecule has 394 valence electrons. The van der Waals surface area contributed by atoms with Crippen LogP contribution in [0.15, 0.2) is 172 Å². The first-order valence-electron chi connectivity index (χ1n) is 27.0. The van der Waals surface area contributed by atoms with Gasteiger partial charge in [0.15, 0.2) is 0 Å². The molecule has 3 aliphatic rings. The predicted octanol–water partition coefficient (Wildman–Crippen LogP) is 16.3. The molecule has 2 aliphatic carbocycles. The number of ether oxygens (including phenoxy) is 1.